The SMILES string of the molecule is COc1ccc(SC)cc1C1(CN)CCC1. The molecule has 0 bridgehead atoms. The van der Waals surface area contributed by atoms with Gasteiger partial charge in [-0.05, 0) is 37.3 Å². The number of hydrogen-bond donors (Lipinski definition) is 1. The molecule has 0 aromatic heterocycles. The summed E-state index contributed by atoms with van der Waals surface area (Å²) in [5.74, 6) is 0.989. The lowest BCUT2D eigenvalue weighted by Crippen LogP contribution is -2.41. The molecular formula is C13H19NOS. The number of rotatable bonds is 4. The molecule has 1 aromatic rings. The fourth-order valence-corrected chi connectivity index (χ4v) is 2.86. The van der Waals surface area contributed by atoms with Crippen LogP contribution in [0.25, 0.3) is 0 Å². The van der Waals surface area contributed by atoms with Gasteiger partial charge in [-0.15, -0.1) is 11.8 Å². The molecule has 0 atom stereocenters. The summed E-state index contributed by atoms with van der Waals surface area (Å²) in [5, 5.41) is 0. The van der Waals surface area contributed by atoms with E-state index in [9.17, 15) is 0 Å². The lowest BCUT2D eigenvalue weighted by atomic mass is 9.64. The zero-order valence-electron chi connectivity index (χ0n) is 9.95. The fraction of sp³-hybridized carbons (Fsp3) is 0.538. The Bertz CT molecular complexity index is 369. The largest absolute Gasteiger partial charge is 0.496 e. The summed E-state index contributed by atoms with van der Waals surface area (Å²) in [7, 11) is 1.74. The fourth-order valence-electron chi connectivity index (χ4n) is 2.42. The van der Waals surface area contributed by atoms with Gasteiger partial charge < -0.3 is 10.5 Å². The molecular weight excluding hydrogens is 218 g/mol. The maximum Gasteiger partial charge on any atom is 0.122 e. The summed E-state index contributed by atoms with van der Waals surface area (Å²) in [6.07, 6.45) is 5.76. The molecule has 0 radical (unpaired) electrons. The van der Waals surface area contributed by atoms with Gasteiger partial charge in [0.1, 0.15) is 5.75 Å². The van der Waals surface area contributed by atoms with E-state index < -0.39 is 0 Å². The highest BCUT2D eigenvalue weighted by molar-refractivity contribution is 7.98. The van der Waals surface area contributed by atoms with Gasteiger partial charge in [0.25, 0.3) is 0 Å². The van der Waals surface area contributed by atoms with Crippen molar-refractivity contribution in [2.24, 2.45) is 5.73 Å². The van der Waals surface area contributed by atoms with Gasteiger partial charge in [0.15, 0.2) is 0 Å². The number of nitrogens with two attached hydrogens (primary N) is 1. The van der Waals surface area contributed by atoms with Crippen LogP contribution in [0.4, 0.5) is 0 Å². The number of thioether (sulfide) groups is 1. The van der Waals surface area contributed by atoms with Gasteiger partial charge in [0, 0.05) is 22.4 Å². The van der Waals surface area contributed by atoms with Gasteiger partial charge in [-0.1, -0.05) is 6.42 Å². The lowest BCUT2D eigenvalue weighted by Gasteiger charge is -2.42. The number of ether oxygens (including phenoxy) is 1. The second-order valence-corrected chi connectivity index (χ2v) is 5.28. The quantitative estimate of drug-likeness (QED) is 0.818. The molecule has 0 unspecified atom stereocenters. The predicted octanol–water partition coefficient (Wildman–Crippen LogP) is 2.80. The Kier molecular flexibility index (Phi) is 3.45. The molecule has 3 heteroatoms. The van der Waals surface area contributed by atoms with E-state index in [0.717, 1.165) is 12.3 Å². The van der Waals surface area contributed by atoms with Crippen molar-refractivity contribution in [1.29, 1.82) is 0 Å². The van der Waals surface area contributed by atoms with E-state index in [1.807, 2.05) is 0 Å². The highest BCUT2D eigenvalue weighted by Crippen LogP contribution is 2.47. The second kappa shape index (κ2) is 4.68. The normalized spacial score (nSPS) is 17.9. The molecule has 1 saturated carbocycles. The predicted molar refractivity (Wildman–Crippen MR) is 69.4 cm³/mol. The van der Waals surface area contributed by atoms with Crippen molar-refractivity contribution < 1.29 is 4.74 Å². The van der Waals surface area contributed by atoms with Crippen molar-refractivity contribution in [1.82, 2.24) is 0 Å². The van der Waals surface area contributed by atoms with E-state index in [1.54, 1.807) is 18.9 Å². The third-order valence-corrected chi connectivity index (χ3v) is 4.40. The summed E-state index contributed by atoms with van der Waals surface area (Å²) in [5.41, 5.74) is 7.43. The van der Waals surface area contributed by atoms with Gasteiger partial charge >= 0.3 is 0 Å². The van der Waals surface area contributed by atoms with Crippen LogP contribution in [-0.2, 0) is 5.41 Å². The number of benzene rings is 1. The van der Waals surface area contributed by atoms with Gasteiger partial charge in [-0.2, -0.15) is 0 Å². The molecule has 88 valence electrons. The first kappa shape index (κ1) is 11.8. The van der Waals surface area contributed by atoms with Gasteiger partial charge in [0.2, 0.25) is 0 Å². The summed E-state index contributed by atoms with van der Waals surface area (Å²) < 4.78 is 5.46. The Balaban J connectivity index is 2.43. The molecule has 16 heavy (non-hydrogen) atoms. The smallest absolute Gasteiger partial charge is 0.122 e. The molecule has 0 aliphatic heterocycles. The highest BCUT2D eigenvalue weighted by atomic mass is 32.2. The molecule has 1 aromatic carbocycles. The summed E-state index contributed by atoms with van der Waals surface area (Å²) in [6.45, 7) is 0.723. The molecule has 2 rings (SSSR count). The zero-order chi connectivity index (χ0) is 11.6. The molecule has 1 aliphatic rings. The van der Waals surface area contributed by atoms with Crippen LogP contribution in [0.2, 0.25) is 0 Å². The van der Waals surface area contributed by atoms with Gasteiger partial charge in [-0.25, -0.2) is 0 Å². The van der Waals surface area contributed by atoms with E-state index in [1.165, 1.54) is 29.7 Å². The van der Waals surface area contributed by atoms with Crippen LogP contribution in [0.3, 0.4) is 0 Å². The molecule has 1 fully saturated rings. The molecule has 0 heterocycles. The second-order valence-electron chi connectivity index (χ2n) is 4.40. The first-order valence-corrected chi connectivity index (χ1v) is 6.91. The van der Waals surface area contributed by atoms with Crippen molar-refractivity contribution in [2.75, 3.05) is 19.9 Å². The Labute approximate surface area is 102 Å². The number of hydrogen-bond acceptors (Lipinski definition) is 3. The van der Waals surface area contributed by atoms with Gasteiger partial charge in [-0.3, -0.25) is 0 Å². The van der Waals surface area contributed by atoms with Crippen LogP contribution < -0.4 is 10.5 Å². The van der Waals surface area contributed by atoms with Crippen molar-refractivity contribution >= 4 is 11.8 Å². The Morgan fingerprint density at radius 1 is 1.44 bits per heavy atom. The first-order valence-electron chi connectivity index (χ1n) is 5.68. The first-order chi connectivity index (χ1) is 7.75. The third kappa shape index (κ3) is 1.82. The van der Waals surface area contributed by atoms with Crippen LogP contribution in [0.5, 0.6) is 5.75 Å². The minimum absolute atomic E-state index is 0.178. The minimum atomic E-state index is 0.178. The van der Waals surface area contributed by atoms with E-state index in [4.69, 9.17) is 10.5 Å². The highest BCUT2D eigenvalue weighted by Gasteiger charge is 2.39. The summed E-state index contributed by atoms with van der Waals surface area (Å²) in [4.78, 5) is 1.29. The van der Waals surface area contributed by atoms with Crippen molar-refractivity contribution in [2.45, 2.75) is 29.6 Å². The maximum atomic E-state index is 5.95. The third-order valence-electron chi connectivity index (χ3n) is 3.68. The molecule has 0 spiro atoms. The molecule has 2 N–H and O–H groups in total. The minimum Gasteiger partial charge on any atom is -0.496 e. The molecule has 2 nitrogen and oxygen atoms in total. The standard InChI is InChI=1S/C13H19NOS/c1-15-12-5-4-10(16-2)8-11(12)13(9-14)6-3-7-13/h4-5,8H,3,6-7,9,14H2,1-2H3. The number of methoxy groups -OCH3 is 1. The van der Waals surface area contributed by atoms with E-state index in [0.29, 0.717) is 0 Å². The monoisotopic (exact) mass is 237 g/mol. The summed E-state index contributed by atoms with van der Waals surface area (Å²) >= 11 is 1.77. The zero-order valence-corrected chi connectivity index (χ0v) is 10.8. The van der Waals surface area contributed by atoms with Crippen LogP contribution in [0.15, 0.2) is 23.1 Å². The van der Waals surface area contributed by atoms with E-state index >= 15 is 0 Å². The van der Waals surface area contributed by atoms with E-state index in [-0.39, 0.29) is 5.41 Å². The van der Waals surface area contributed by atoms with Crippen molar-refractivity contribution in [3.63, 3.8) is 0 Å². The Hall–Kier alpha value is -0.670. The van der Waals surface area contributed by atoms with Crippen LogP contribution in [-0.4, -0.2) is 19.9 Å². The topological polar surface area (TPSA) is 35.2 Å². The molecule has 0 amide bonds. The van der Waals surface area contributed by atoms with Crippen LogP contribution in [0, 0.1) is 0 Å². The molecule has 0 saturated heterocycles. The van der Waals surface area contributed by atoms with Crippen LogP contribution >= 0.6 is 11.8 Å². The Morgan fingerprint density at radius 3 is 2.62 bits per heavy atom. The lowest BCUT2D eigenvalue weighted by molar-refractivity contribution is 0.243. The maximum absolute atomic E-state index is 5.95. The van der Waals surface area contributed by atoms with Crippen molar-refractivity contribution in [3.05, 3.63) is 23.8 Å². The van der Waals surface area contributed by atoms with Crippen molar-refractivity contribution in [3.8, 4) is 5.75 Å². The van der Waals surface area contributed by atoms with Gasteiger partial charge in [0.05, 0.1) is 7.11 Å². The average Bonchev–Trinajstić information content (AvgIpc) is 2.28. The Morgan fingerprint density at radius 2 is 2.19 bits per heavy atom. The van der Waals surface area contributed by atoms with Crippen LogP contribution in [0.1, 0.15) is 24.8 Å². The van der Waals surface area contributed by atoms with E-state index in [2.05, 4.69) is 24.5 Å². The molecule has 1 aliphatic carbocycles. The summed E-state index contributed by atoms with van der Waals surface area (Å²) in [6, 6.07) is 6.42. The average molecular weight is 237 g/mol.